The Balaban J connectivity index is 1.59. The van der Waals surface area contributed by atoms with Crippen molar-refractivity contribution in [3.63, 3.8) is 0 Å². The summed E-state index contributed by atoms with van der Waals surface area (Å²) in [5, 5.41) is 7.49. The molecule has 0 bridgehead atoms. The number of aromatic nitrogens is 3. The zero-order valence-electron chi connectivity index (χ0n) is 17.5. The fourth-order valence-corrected chi connectivity index (χ4v) is 4.08. The molecule has 0 unspecified atom stereocenters. The van der Waals surface area contributed by atoms with Crippen LogP contribution >= 0.6 is 0 Å². The summed E-state index contributed by atoms with van der Waals surface area (Å²) < 4.78 is 40.5. The molecular formula is C24H21F3N6. The smallest absolute Gasteiger partial charge is 0.398 e. The standard InChI is InChI=1S/C24H21F3N6/c25-24(26,27)18-13-32-23(21(22(18)28)20-3-1-2-8-30-20)33-15-4-5-19-16(11-15)17(12-31-19)14-6-9-29-10-7-14/h1-6,8,11-13,29,31H,7,9-10H2,(H3,28,32,33). The Morgan fingerprint density at radius 1 is 1.09 bits per heavy atom. The van der Waals surface area contributed by atoms with Crippen LogP contribution in [0, 0.1) is 0 Å². The van der Waals surface area contributed by atoms with Crippen LogP contribution in [0.5, 0.6) is 0 Å². The first-order chi connectivity index (χ1) is 15.9. The van der Waals surface area contributed by atoms with Crippen LogP contribution in [0.3, 0.4) is 0 Å². The van der Waals surface area contributed by atoms with Gasteiger partial charge in [-0.3, -0.25) is 4.98 Å². The van der Waals surface area contributed by atoms with Crippen LogP contribution in [0.1, 0.15) is 17.5 Å². The third-order valence-corrected chi connectivity index (χ3v) is 5.70. The topological polar surface area (TPSA) is 91.6 Å². The van der Waals surface area contributed by atoms with E-state index in [1.54, 1.807) is 18.2 Å². The highest BCUT2D eigenvalue weighted by molar-refractivity contribution is 5.96. The molecule has 9 heteroatoms. The van der Waals surface area contributed by atoms with Crippen molar-refractivity contribution in [1.29, 1.82) is 0 Å². The summed E-state index contributed by atoms with van der Waals surface area (Å²) >= 11 is 0. The molecule has 6 nitrogen and oxygen atoms in total. The van der Waals surface area contributed by atoms with Crippen LogP contribution in [0.2, 0.25) is 0 Å². The molecule has 5 rings (SSSR count). The first-order valence-corrected chi connectivity index (χ1v) is 10.5. The molecule has 0 spiro atoms. The average Bonchev–Trinajstić information content (AvgIpc) is 3.23. The summed E-state index contributed by atoms with van der Waals surface area (Å²) in [5.74, 6) is 0.205. The normalized spacial score (nSPS) is 14.3. The van der Waals surface area contributed by atoms with E-state index in [1.807, 2.05) is 24.4 Å². The number of nitrogens with one attached hydrogen (secondary N) is 3. The highest BCUT2D eigenvalue weighted by Crippen LogP contribution is 2.41. The molecule has 0 atom stereocenters. The molecule has 1 aromatic carbocycles. The minimum atomic E-state index is -4.62. The van der Waals surface area contributed by atoms with Crippen molar-refractivity contribution in [2.45, 2.75) is 12.6 Å². The lowest BCUT2D eigenvalue weighted by Gasteiger charge is -2.17. The summed E-state index contributed by atoms with van der Waals surface area (Å²) in [5.41, 5.74) is 9.02. The predicted molar refractivity (Wildman–Crippen MR) is 124 cm³/mol. The van der Waals surface area contributed by atoms with Crippen molar-refractivity contribution >= 4 is 33.7 Å². The Labute approximate surface area is 187 Å². The second-order valence-electron chi connectivity index (χ2n) is 7.79. The number of hydrogen-bond acceptors (Lipinski definition) is 5. The third kappa shape index (κ3) is 4.03. The van der Waals surface area contributed by atoms with Gasteiger partial charge in [0.25, 0.3) is 0 Å². The summed E-state index contributed by atoms with van der Waals surface area (Å²) in [6, 6.07) is 10.7. The summed E-state index contributed by atoms with van der Waals surface area (Å²) in [6.45, 7) is 1.74. The van der Waals surface area contributed by atoms with Crippen molar-refractivity contribution < 1.29 is 13.2 Å². The van der Waals surface area contributed by atoms with E-state index in [1.165, 1.54) is 11.8 Å². The maximum atomic E-state index is 13.5. The summed E-state index contributed by atoms with van der Waals surface area (Å²) in [7, 11) is 0. The van der Waals surface area contributed by atoms with E-state index in [4.69, 9.17) is 5.73 Å². The second kappa shape index (κ2) is 8.25. The fourth-order valence-electron chi connectivity index (χ4n) is 4.08. The van der Waals surface area contributed by atoms with Gasteiger partial charge in [-0.05, 0) is 48.9 Å². The number of fused-ring (bicyclic) bond motifs is 1. The van der Waals surface area contributed by atoms with Gasteiger partial charge in [0.2, 0.25) is 0 Å². The number of rotatable bonds is 4. The number of pyridine rings is 2. The molecule has 5 N–H and O–H groups in total. The number of nitrogens with two attached hydrogens (primary N) is 1. The SMILES string of the molecule is Nc1c(C(F)(F)F)cnc(Nc2ccc3[nH]cc(C4=CCNCC4)c3c2)c1-c1ccccn1. The number of aromatic amines is 1. The molecule has 0 radical (unpaired) electrons. The van der Waals surface area contributed by atoms with Gasteiger partial charge in [-0.15, -0.1) is 0 Å². The number of benzene rings is 1. The van der Waals surface area contributed by atoms with Crippen LogP contribution in [0.25, 0.3) is 27.7 Å². The van der Waals surface area contributed by atoms with Crippen LogP contribution in [-0.2, 0) is 6.18 Å². The number of halogens is 3. The van der Waals surface area contributed by atoms with Gasteiger partial charge in [-0.25, -0.2) is 4.98 Å². The van der Waals surface area contributed by atoms with Crippen LogP contribution < -0.4 is 16.4 Å². The molecule has 1 aliphatic heterocycles. The lowest BCUT2D eigenvalue weighted by molar-refractivity contribution is -0.137. The fraction of sp³-hybridized carbons (Fsp3) is 0.167. The van der Waals surface area contributed by atoms with E-state index in [9.17, 15) is 13.2 Å². The van der Waals surface area contributed by atoms with Crippen molar-refractivity contribution in [2.75, 3.05) is 24.1 Å². The summed E-state index contributed by atoms with van der Waals surface area (Å²) in [4.78, 5) is 11.6. The van der Waals surface area contributed by atoms with Crippen molar-refractivity contribution in [3.8, 4) is 11.3 Å². The van der Waals surface area contributed by atoms with Crippen molar-refractivity contribution in [3.05, 3.63) is 72.2 Å². The molecule has 0 amide bonds. The predicted octanol–water partition coefficient (Wildman–Crippen LogP) is 5.35. The first-order valence-electron chi connectivity index (χ1n) is 10.5. The highest BCUT2D eigenvalue weighted by atomic mass is 19.4. The Kier molecular flexibility index (Phi) is 5.26. The zero-order valence-corrected chi connectivity index (χ0v) is 17.5. The van der Waals surface area contributed by atoms with Crippen LogP contribution in [0.4, 0.5) is 30.4 Å². The monoisotopic (exact) mass is 450 g/mol. The third-order valence-electron chi connectivity index (χ3n) is 5.70. The van der Waals surface area contributed by atoms with Crippen LogP contribution in [0.15, 0.2) is 61.1 Å². The molecule has 168 valence electrons. The molecule has 4 heterocycles. The molecule has 0 saturated heterocycles. The minimum Gasteiger partial charge on any atom is -0.398 e. The average molecular weight is 450 g/mol. The lowest BCUT2D eigenvalue weighted by Crippen LogP contribution is -2.19. The summed E-state index contributed by atoms with van der Waals surface area (Å²) in [6.07, 6.45) is 2.71. The van der Waals surface area contributed by atoms with Crippen molar-refractivity contribution in [2.24, 2.45) is 0 Å². The van der Waals surface area contributed by atoms with E-state index < -0.39 is 17.4 Å². The van der Waals surface area contributed by atoms with Gasteiger partial charge >= 0.3 is 6.18 Å². The molecule has 0 saturated carbocycles. The lowest BCUT2D eigenvalue weighted by atomic mass is 9.99. The quantitative estimate of drug-likeness (QED) is 0.337. The Bertz CT molecular complexity index is 1340. The molecule has 3 aromatic heterocycles. The molecule has 33 heavy (non-hydrogen) atoms. The Morgan fingerprint density at radius 3 is 2.70 bits per heavy atom. The zero-order chi connectivity index (χ0) is 23.0. The van der Waals surface area contributed by atoms with Crippen molar-refractivity contribution in [1.82, 2.24) is 20.3 Å². The van der Waals surface area contributed by atoms with Gasteiger partial charge in [-0.1, -0.05) is 12.1 Å². The van der Waals surface area contributed by atoms with Gasteiger partial charge < -0.3 is 21.4 Å². The van der Waals surface area contributed by atoms with E-state index in [2.05, 4.69) is 31.7 Å². The van der Waals surface area contributed by atoms with E-state index in [0.29, 0.717) is 11.4 Å². The van der Waals surface area contributed by atoms with E-state index in [-0.39, 0.29) is 11.4 Å². The maximum Gasteiger partial charge on any atom is 0.419 e. The number of hydrogen-bond donors (Lipinski definition) is 4. The number of H-pyrrole nitrogens is 1. The first kappa shape index (κ1) is 21.0. The molecular weight excluding hydrogens is 429 g/mol. The van der Waals surface area contributed by atoms with Gasteiger partial charge in [-0.2, -0.15) is 13.2 Å². The highest BCUT2D eigenvalue weighted by Gasteiger charge is 2.35. The Hall–Kier alpha value is -3.85. The minimum absolute atomic E-state index is 0.112. The Morgan fingerprint density at radius 2 is 1.97 bits per heavy atom. The number of nitrogen functional groups attached to an aromatic ring is 1. The largest absolute Gasteiger partial charge is 0.419 e. The molecule has 0 fully saturated rings. The van der Waals surface area contributed by atoms with Gasteiger partial charge in [0.15, 0.2) is 0 Å². The molecule has 0 aliphatic carbocycles. The van der Waals surface area contributed by atoms with Gasteiger partial charge in [0.05, 0.1) is 22.5 Å². The molecule has 4 aromatic rings. The van der Waals surface area contributed by atoms with Gasteiger partial charge in [0.1, 0.15) is 5.82 Å². The van der Waals surface area contributed by atoms with Gasteiger partial charge in [0, 0.05) is 47.3 Å². The molecule has 1 aliphatic rings. The maximum absolute atomic E-state index is 13.5. The number of anilines is 3. The van der Waals surface area contributed by atoms with E-state index in [0.717, 1.165) is 42.2 Å². The van der Waals surface area contributed by atoms with E-state index >= 15 is 0 Å². The number of nitrogens with zero attached hydrogens (tertiary/aromatic N) is 2. The second-order valence-corrected chi connectivity index (χ2v) is 7.79. The number of alkyl halides is 3. The van der Waals surface area contributed by atoms with Crippen LogP contribution in [-0.4, -0.2) is 28.0 Å².